The third-order valence-corrected chi connectivity index (χ3v) is 19.9. The second-order valence-corrected chi connectivity index (χ2v) is 31.4. The van der Waals surface area contributed by atoms with Crippen LogP contribution in [0, 0.1) is 30.5 Å². The van der Waals surface area contributed by atoms with E-state index in [1.165, 1.54) is 63.4 Å². The number of ether oxygens (including phenoxy) is 11. The maximum Gasteiger partial charge on any atom is 0.410 e. The number of fused-ring (bicyclic) bond motifs is 1. The highest BCUT2D eigenvalue weighted by molar-refractivity contribution is 7.22. The average Bonchev–Trinajstić information content (AvgIpc) is 1.63. The smallest absolute Gasteiger partial charge is 0.410 e. The zero-order valence-electron chi connectivity index (χ0n) is 70.3. The molecule has 0 bridgehead atoms. The number of amides is 6. The Morgan fingerprint density at radius 1 is 0.697 bits per heavy atom. The Hall–Kier alpha value is -10.5. The number of nitrogens with one attached hydrogen (secondary N) is 4. The second-order valence-electron chi connectivity index (χ2n) is 29.3. The number of quaternary nitrogens is 1. The molecule has 668 valence electrons. The molecule has 122 heavy (non-hydrogen) atoms. The lowest BCUT2D eigenvalue weighted by atomic mass is 10.0. The highest BCUT2D eigenvalue weighted by atomic mass is 32.1. The van der Waals surface area contributed by atoms with Crippen LogP contribution in [0.15, 0.2) is 72.9 Å². The Morgan fingerprint density at radius 2 is 1.34 bits per heavy atom. The van der Waals surface area contributed by atoms with Crippen LogP contribution in [0.1, 0.15) is 95.7 Å². The summed E-state index contributed by atoms with van der Waals surface area (Å²) in [5.74, 6) is 2.33. The Morgan fingerprint density at radius 3 is 1.95 bits per heavy atom. The molecule has 0 radical (unpaired) electrons. The van der Waals surface area contributed by atoms with Crippen molar-refractivity contribution < 1.29 is 110 Å². The number of carbonyl (C=O) groups is 7. The summed E-state index contributed by atoms with van der Waals surface area (Å²) in [7, 11) is 8.94. The number of nitrogens with two attached hydrogens (primary N) is 2. The molecular formula is C81H115FN17O21S2+. The molecule has 11 N–H and O–H groups in total. The van der Waals surface area contributed by atoms with Crippen LogP contribution in [0.2, 0.25) is 0 Å². The number of thiazole rings is 2. The van der Waals surface area contributed by atoms with Crippen molar-refractivity contribution in [3.63, 3.8) is 0 Å². The quantitative estimate of drug-likeness (QED) is 0.0107. The van der Waals surface area contributed by atoms with Gasteiger partial charge in [-0.15, -0.1) is 26.6 Å². The lowest BCUT2D eigenvalue weighted by Crippen LogP contribution is -2.51. The van der Waals surface area contributed by atoms with Crippen molar-refractivity contribution in [3.8, 4) is 17.6 Å². The number of primary amides is 1. The Kier molecular flexibility index (Phi) is 43.2. The summed E-state index contributed by atoms with van der Waals surface area (Å²) in [6, 6.07) is 15.7. The zero-order valence-corrected chi connectivity index (χ0v) is 72.0. The Bertz CT molecular complexity index is 4450. The van der Waals surface area contributed by atoms with Gasteiger partial charge in [0.25, 0.3) is 0 Å². The molecule has 0 aliphatic heterocycles. The summed E-state index contributed by atoms with van der Waals surface area (Å²) in [6.45, 7) is 11.7. The van der Waals surface area contributed by atoms with E-state index in [1.807, 2.05) is 63.3 Å². The molecule has 0 aliphatic rings. The summed E-state index contributed by atoms with van der Waals surface area (Å²) in [6.07, 6.45) is 1.31. The van der Waals surface area contributed by atoms with Gasteiger partial charge in [0.15, 0.2) is 39.2 Å². The van der Waals surface area contributed by atoms with Crippen molar-refractivity contribution in [1.82, 2.24) is 55.6 Å². The number of hydrogen-bond donors (Lipinski definition) is 9. The Labute approximate surface area is 716 Å². The summed E-state index contributed by atoms with van der Waals surface area (Å²) < 4.78 is 79.8. The van der Waals surface area contributed by atoms with E-state index in [4.69, 9.17) is 68.7 Å². The van der Waals surface area contributed by atoms with E-state index < -0.39 is 66.0 Å². The van der Waals surface area contributed by atoms with Gasteiger partial charge in [0.1, 0.15) is 37.6 Å². The number of likely N-dealkylation sites (N-methyl/N-ethyl adjacent to an activating group) is 1. The number of aliphatic carboxylic acids is 1. The molecule has 4 heterocycles. The second kappa shape index (κ2) is 53.4. The molecule has 38 nitrogen and oxygen atoms in total. The largest absolute Gasteiger partial charge is 0.491 e. The van der Waals surface area contributed by atoms with E-state index >= 15 is 4.39 Å². The number of aliphatic hydroxyl groups is 1. The number of para-hydroxylation sites is 1. The highest BCUT2D eigenvalue weighted by Gasteiger charge is 2.28. The van der Waals surface area contributed by atoms with Crippen molar-refractivity contribution >= 4 is 102 Å². The minimum Gasteiger partial charge on any atom is -0.491 e. The van der Waals surface area contributed by atoms with Gasteiger partial charge in [-0.05, 0) is 117 Å². The number of aliphatic hydroxyl groups excluding tert-OH is 1. The van der Waals surface area contributed by atoms with E-state index in [9.17, 15) is 43.8 Å². The van der Waals surface area contributed by atoms with Crippen LogP contribution in [-0.4, -0.2) is 299 Å². The number of hydrogen-bond acceptors (Lipinski definition) is 30. The number of aryl methyl sites for hydroxylation is 2. The first-order chi connectivity index (χ1) is 58.6. The minimum absolute atomic E-state index is 0.0202. The fraction of sp³-hybridized carbons (Fsp3) is 0.543. The number of anilines is 5. The van der Waals surface area contributed by atoms with Gasteiger partial charge < -0.3 is 119 Å². The third kappa shape index (κ3) is 37.1. The number of halogens is 1. The van der Waals surface area contributed by atoms with Crippen molar-refractivity contribution in [3.05, 3.63) is 117 Å². The maximum atomic E-state index is 15.7. The van der Waals surface area contributed by atoms with Crippen molar-refractivity contribution in [2.45, 2.75) is 110 Å². The van der Waals surface area contributed by atoms with Crippen LogP contribution < -0.4 is 42.4 Å². The number of nitrogens with zero attached hydrogens (tertiary/aromatic N) is 11. The van der Waals surface area contributed by atoms with Crippen LogP contribution >= 0.6 is 22.7 Å². The average molecular weight is 1750 g/mol. The number of carboxylic acids is 2. The number of benzene rings is 3. The van der Waals surface area contributed by atoms with E-state index in [2.05, 4.69) is 63.6 Å². The van der Waals surface area contributed by atoms with Crippen molar-refractivity contribution in [2.75, 3.05) is 189 Å². The maximum absolute atomic E-state index is 15.7. The summed E-state index contributed by atoms with van der Waals surface area (Å²) >= 11 is 2.67. The molecule has 0 saturated heterocycles. The minimum atomic E-state index is -1.22. The molecule has 1 unspecified atom stereocenters. The van der Waals surface area contributed by atoms with Crippen LogP contribution in [0.5, 0.6) is 5.75 Å². The molecular weight excluding hydrogens is 1630 g/mol. The molecule has 0 spiro atoms. The molecule has 3 atom stereocenters. The topological polar surface area (TPSA) is 474 Å². The van der Waals surface area contributed by atoms with Gasteiger partial charge in [-0.3, -0.25) is 14.4 Å². The predicted octanol–water partition coefficient (Wildman–Crippen LogP) is 6.87. The predicted molar refractivity (Wildman–Crippen MR) is 451 cm³/mol. The lowest BCUT2D eigenvalue weighted by molar-refractivity contribution is -0.873. The fourth-order valence-corrected chi connectivity index (χ4v) is 13.4. The summed E-state index contributed by atoms with van der Waals surface area (Å²) in [5.41, 5.74) is 14.6. The Balaban J connectivity index is 0.866. The standard InChI is InChI=1S/C81H114FN17O21S2/c1-55(2)71(83)75(104)87-65(18-11-26-85-77(84)107)74(103)86-60-23-22-58(59(49-60)50-96(5)81(109)120-54-61-51-97(94-91-61)29-32-111-34-36-113-38-40-115-42-44-117-46-45-116-43-41-114-39-37-112-35-33-110-31-25-70(101)102)53-119-80(108)95(4)27-12-15-57-21-24-66(63(82)48-57)118-30-14-20-68-72(76(105)106)89-79(122-68)98(28-13-16-62(100)52-99(6,7)8)69-47-56(3)73(93-92-69)90-78-88-64-17-9-10-19-67(64)121-78/h9-10,17,19,21-24,47-49,51,55,62,65,71,100H,11,13-14,16,18,20,25-46,50,52-54,83H2,1-8H3,(H7-,84,85,86,87,88,90,93,101,102,103,104,105,106,107)/p+1/t62?,65-,71-/m0/s1. The van der Waals surface area contributed by atoms with E-state index in [0.717, 1.165) is 15.8 Å². The monoisotopic (exact) mass is 1740 g/mol. The van der Waals surface area contributed by atoms with Gasteiger partial charge in [0.05, 0.1) is 175 Å². The number of aromatic carboxylic acids is 1. The fourth-order valence-electron chi connectivity index (χ4n) is 11.4. The lowest BCUT2D eigenvalue weighted by Gasteiger charge is -2.27. The van der Waals surface area contributed by atoms with Crippen LogP contribution in [-0.2, 0) is 94.5 Å². The molecule has 0 fully saturated rings. The van der Waals surface area contributed by atoms with Crippen molar-refractivity contribution in [1.29, 1.82) is 0 Å². The zero-order chi connectivity index (χ0) is 88.2. The van der Waals surface area contributed by atoms with Gasteiger partial charge in [-0.25, -0.2) is 38.2 Å². The number of carbonyl (C=O) groups excluding carboxylic acids is 5. The van der Waals surface area contributed by atoms with E-state index in [1.54, 1.807) is 44.3 Å². The van der Waals surface area contributed by atoms with Gasteiger partial charge in [0, 0.05) is 49.9 Å². The summed E-state index contributed by atoms with van der Waals surface area (Å²) in [5, 5.41) is 59.5. The van der Waals surface area contributed by atoms with Crippen molar-refractivity contribution in [2.24, 2.45) is 17.4 Å². The number of carboxylic acid groups (broad SMARTS) is 2. The van der Waals surface area contributed by atoms with Gasteiger partial charge in [-0.2, -0.15) is 0 Å². The molecule has 4 aromatic heterocycles. The summed E-state index contributed by atoms with van der Waals surface area (Å²) in [4.78, 5) is 103. The molecule has 0 aliphatic carbocycles. The number of rotatable bonds is 59. The third-order valence-electron chi connectivity index (χ3n) is 17.8. The number of aromatic nitrogens is 7. The first-order valence-corrected chi connectivity index (χ1v) is 41.6. The molecule has 41 heteroatoms. The molecule has 7 aromatic rings. The molecule has 0 saturated carbocycles. The normalized spacial score (nSPS) is 12.1. The first-order valence-electron chi connectivity index (χ1n) is 40.0. The van der Waals surface area contributed by atoms with E-state index in [-0.39, 0.29) is 107 Å². The van der Waals surface area contributed by atoms with Gasteiger partial charge in [0.2, 0.25) is 11.8 Å². The molecule has 3 aromatic carbocycles. The SMILES string of the molecule is Cc1cc(N(CCCC(O)C[N+](C)(C)C)c2nc(C(=O)O)c(CCCOc3ccc(C#CCN(C)C(=O)OCc4ccc(NC(=O)[C@H](CCCNC(N)=O)NC(=O)[C@@H](N)C(C)C)cc4CN(C)C(=O)OCc4cn(CCOCCOCCOCCOCCOCCOCCOCCOCCC(=O)O)nn4)cc3F)s2)nnc1Nc1nc2ccccc2s1. The number of urea groups is 1. The van der Waals surface area contributed by atoms with Crippen LogP contribution in [0.25, 0.3) is 10.2 Å². The van der Waals surface area contributed by atoms with Crippen LogP contribution in [0.3, 0.4) is 0 Å². The van der Waals surface area contributed by atoms with Crippen LogP contribution in [0.4, 0.5) is 46.4 Å². The molecule has 6 amide bonds. The highest BCUT2D eigenvalue weighted by Crippen LogP contribution is 2.35. The van der Waals surface area contributed by atoms with E-state index in [0.29, 0.717) is 179 Å². The molecule has 7 rings (SSSR count). The first kappa shape index (κ1) is 98.7. The van der Waals surface area contributed by atoms with Gasteiger partial charge >= 0.3 is 30.2 Å². The van der Waals surface area contributed by atoms with Gasteiger partial charge in [-0.1, -0.05) is 60.4 Å².